The second-order valence-electron chi connectivity index (χ2n) is 3.54. The Kier molecular flexibility index (Phi) is 3.30. The van der Waals surface area contributed by atoms with Crippen molar-refractivity contribution >= 4 is 28.7 Å². The first kappa shape index (κ1) is 11.5. The Balaban J connectivity index is 2.14. The molecule has 0 aliphatic carbocycles. The van der Waals surface area contributed by atoms with Crippen molar-refractivity contribution in [3.63, 3.8) is 0 Å². The number of nitrogens with one attached hydrogen (secondary N) is 1. The van der Waals surface area contributed by atoms with Gasteiger partial charge in [0.25, 0.3) is 0 Å². The Morgan fingerprint density at radius 1 is 1.41 bits per heavy atom. The lowest BCUT2D eigenvalue weighted by Gasteiger charge is -2.09. The third-order valence-corrected chi connectivity index (χ3v) is 3.21. The lowest BCUT2D eigenvalue weighted by atomic mass is 10.1. The Labute approximate surface area is 103 Å². The van der Waals surface area contributed by atoms with Crippen LogP contribution < -0.4 is 11.1 Å². The summed E-state index contributed by atoms with van der Waals surface area (Å²) in [5.74, 6) is -0.954. The van der Waals surface area contributed by atoms with Crippen LogP contribution in [0.3, 0.4) is 0 Å². The molecule has 0 amide bonds. The normalized spacial score (nSPS) is 10.1. The number of carbonyl (C=O) groups is 1. The van der Waals surface area contributed by atoms with Gasteiger partial charge in [-0.25, -0.2) is 4.79 Å². The van der Waals surface area contributed by atoms with Crippen LogP contribution in [0, 0.1) is 0 Å². The van der Waals surface area contributed by atoms with E-state index in [0.717, 1.165) is 0 Å². The van der Waals surface area contributed by atoms with Gasteiger partial charge in [-0.1, -0.05) is 6.07 Å². The van der Waals surface area contributed by atoms with Crippen molar-refractivity contribution in [2.24, 2.45) is 0 Å². The first-order chi connectivity index (χ1) is 8.16. The minimum absolute atomic E-state index is 0.230. The van der Waals surface area contributed by atoms with Gasteiger partial charge >= 0.3 is 5.97 Å². The summed E-state index contributed by atoms with van der Waals surface area (Å²) in [6, 6.07) is 8.62. The van der Waals surface area contributed by atoms with Gasteiger partial charge in [0.05, 0.1) is 16.9 Å². The number of hydrogen-bond acceptors (Lipinski definition) is 4. The van der Waals surface area contributed by atoms with Crippen LogP contribution in [-0.2, 0) is 6.54 Å². The first-order valence-corrected chi connectivity index (χ1v) is 5.94. The van der Waals surface area contributed by atoms with Crippen LogP contribution in [0.4, 0.5) is 11.4 Å². The summed E-state index contributed by atoms with van der Waals surface area (Å²) in [6.45, 7) is 0.644. The molecule has 88 valence electrons. The second-order valence-corrected chi connectivity index (χ2v) is 4.57. The van der Waals surface area contributed by atoms with E-state index in [2.05, 4.69) is 5.32 Å². The molecule has 0 aliphatic heterocycles. The van der Waals surface area contributed by atoms with Crippen LogP contribution in [0.1, 0.15) is 15.2 Å². The zero-order valence-corrected chi connectivity index (χ0v) is 9.83. The number of thiophene rings is 1. The van der Waals surface area contributed by atoms with Crippen molar-refractivity contribution in [3.8, 4) is 0 Å². The fourth-order valence-electron chi connectivity index (χ4n) is 1.44. The Morgan fingerprint density at radius 2 is 2.24 bits per heavy atom. The molecule has 0 atom stereocenters. The molecule has 1 aromatic carbocycles. The fourth-order valence-corrected chi connectivity index (χ4v) is 2.08. The fraction of sp³-hybridized carbons (Fsp3) is 0.0833. The van der Waals surface area contributed by atoms with Crippen LogP contribution in [0.2, 0.25) is 0 Å². The number of hydrogen-bond donors (Lipinski definition) is 3. The number of rotatable bonds is 4. The van der Waals surface area contributed by atoms with Crippen LogP contribution >= 0.6 is 11.3 Å². The smallest absolute Gasteiger partial charge is 0.335 e. The van der Waals surface area contributed by atoms with Gasteiger partial charge in [0, 0.05) is 11.4 Å². The van der Waals surface area contributed by atoms with Crippen LogP contribution in [0.25, 0.3) is 0 Å². The largest absolute Gasteiger partial charge is 0.478 e. The number of aromatic carboxylic acids is 1. The Hall–Kier alpha value is -2.01. The summed E-state index contributed by atoms with van der Waals surface area (Å²) in [5.41, 5.74) is 7.21. The number of carboxylic acid groups (broad SMARTS) is 1. The highest BCUT2D eigenvalue weighted by atomic mass is 32.1. The maximum Gasteiger partial charge on any atom is 0.335 e. The molecule has 2 aromatic rings. The van der Waals surface area contributed by atoms with Gasteiger partial charge in [0.15, 0.2) is 0 Å². The molecule has 0 aliphatic rings. The van der Waals surface area contributed by atoms with Crippen molar-refractivity contribution in [3.05, 3.63) is 46.2 Å². The highest BCUT2D eigenvalue weighted by Crippen LogP contribution is 2.21. The zero-order valence-electron chi connectivity index (χ0n) is 9.01. The monoisotopic (exact) mass is 248 g/mol. The summed E-state index contributed by atoms with van der Waals surface area (Å²) in [6.07, 6.45) is 0. The van der Waals surface area contributed by atoms with E-state index < -0.39 is 5.97 Å². The average Bonchev–Trinajstić information content (AvgIpc) is 2.80. The van der Waals surface area contributed by atoms with Crippen LogP contribution in [-0.4, -0.2) is 11.1 Å². The van der Waals surface area contributed by atoms with Gasteiger partial charge in [-0.15, -0.1) is 11.3 Å². The number of carboxylic acids is 1. The predicted molar refractivity (Wildman–Crippen MR) is 69.5 cm³/mol. The maximum absolute atomic E-state index is 10.8. The minimum atomic E-state index is -0.954. The summed E-state index contributed by atoms with van der Waals surface area (Å²) < 4.78 is 0. The van der Waals surface area contributed by atoms with Gasteiger partial charge in [0.1, 0.15) is 0 Å². The van der Waals surface area contributed by atoms with E-state index in [0.29, 0.717) is 17.9 Å². The molecule has 4 nitrogen and oxygen atoms in total. The number of nitrogens with two attached hydrogens (primary N) is 1. The Morgan fingerprint density at radius 3 is 2.88 bits per heavy atom. The van der Waals surface area contributed by atoms with Crippen molar-refractivity contribution in [1.29, 1.82) is 0 Å². The Bertz CT molecular complexity index is 523. The molecule has 4 N–H and O–H groups in total. The summed E-state index contributed by atoms with van der Waals surface area (Å²) in [4.78, 5) is 12.0. The topological polar surface area (TPSA) is 75.4 Å². The van der Waals surface area contributed by atoms with E-state index in [-0.39, 0.29) is 5.56 Å². The van der Waals surface area contributed by atoms with Gasteiger partial charge in [-0.2, -0.15) is 0 Å². The summed E-state index contributed by atoms with van der Waals surface area (Å²) >= 11 is 1.64. The molecule has 0 radical (unpaired) electrons. The first-order valence-electron chi connectivity index (χ1n) is 5.06. The molecule has 0 spiro atoms. The standard InChI is InChI=1S/C12H12N2O2S/c13-10-4-3-8(12(15)16)6-11(10)14-7-9-2-1-5-17-9/h1-6,14H,7,13H2,(H,15,16). The van der Waals surface area contributed by atoms with Crippen molar-refractivity contribution < 1.29 is 9.90 Å². The lowest BCUT2D eigenvalue weighted by Crippen LogP contribution is -2.04. The number of benzene rings is 1. The van der Waals surface area contributed by atoms with E-state index in [1.807, 2.05) is 17.5 Å². The SMILES string of the molecule is Nc1ccc(C(=O)O)cc1NCc1cccs1. The minimum Gasteiger partial charge on any atom is -0.478 e. The van der Waals surface area contributed by atoms with Gasteiger partial charge in [-0.3, -0.25) is 0 Å². The highest BCUT2D eigenvalue weighted by molar-refractivity contribution is 7.09. The van der Waals surface area contributed by atoms with Crippen LogP contribution in [0.15, 0.2) is 35.7 Å². The van der Waals surface area contributed by atoms with E-state index in [9.17, 15) is 4.79 Å². The zero-order chi connectivity index (χ0) is 12.3. The third kappa shape index (κ3) is 2.76. The molecule has 0 bridgehead atoms. The molecular weight excluding hydrogens is 236 g/mol. The number of nitrogen functional groups attached to an aromatic ring is 1. The molecular formula is C12H12N2O2S. The van der Waals surface area contributed by atoms with Crippen LogP contribution in [0.5, 0.6) is 0 Å². The maximum atomic E-state index is 10.8. The number of anilines is 2. The molecule has 1 heterocycles. The van der Waals surface area contributed by atoms with Gasteiger partial charge in [-0.05, 0) is 29.6 Å². The second kappa shape index (κ2) is 4.88. The van der Waals surface area contributed by atoms with Crippen molar-refractivity contribution in [2.75, 3.05) is 11.1 Å². The molecule has 17 heavy (non-hydrogen) atoms. The predicted octanol–water partition coefficient (Wildman–Crippen LogP) is 2.64. The van der Waals surface area contributed by atoms with Gasteiger partial charge < -0.3 is 16.2 Å². The highest BCUT2D eigenvalue weighted by Gasteiger charge is 2.06. The third-order valence-electron chi connectivity index (χ3n) is 2.33. The molecule has 0 saturated heterocycles. The van der Waals surface area contributed by atoms with E-state index in [1.54, 1.807) is 23.5 Å². The molecule has 0 fully saturated rings. The molecule has 0 unspecified atom stereocenters. The van der Waals surface area contributed by atoms with Gasteiger partial charge in [0.2, 0.25) is 0 Å². The van der Waals surface area contributed by atoms with E-state index in [4.69, 9.17) is 10.8 Å². The molecule has 5 heteroatoms. The van der Waals surface area contributed by atoms with Crippen molar-refractivity contribution in [1.82, 2.24) is 0 Å². The van der Waals surface area contributed by atoms with E-state index in [1.165, 1.54) is 10.9 Å². The average molecular weight is 248 g/mol. The summed E-state index contributed by atoms with van der Waals surface area (Å²) in [5, 5.41) is 14.0. The lowest BCUT2D eigenvalue weighted by molar-refractivity contribution is 0.0697. The van der Waals surface area contributed by atoms with E-state index >= 15 is 0 Å². The molecule has 0 saturated carbocycles. The quantitative estimate of drug-likeness (QED) is 0.727. The molecule has 2 rings (SSSR count). The molecule has 1 aromatic heterocycles. The summed E-state index contributed by atoms with van der Waals surface area (Å²) in [7, 11) is 0. The van der Waals surface area contributed by atoms with Crippen molar-refractivity contribution in [2.45, 2.75) is 6.54 Å².